The highest BCUT2D eigenvalue weighted by atomic mass is 32.2. The number of nitrogens with zero attached hydrogens (tertiary/aromatic N) is 3. The third-order valence-electron chi connectivity index (χ3n) is 2.73. The maximum atomic E-state index is 13.0. The fourth-order valence-electron chi connectivity index (χ4n) is 1.61. The molecule has 7 nitrogen and oxygen atoms in total. The first-order valence-electron chi connectivity index (χ1n) is 5.85. The number of hydrogen-bond donors (Lipinski definition) is 2. The normalized spacial score (nSPS) is 11.7. The summed E-state index contributed by atoms with van der Waals surface area (Å²) in [4.78, 5) is -0.0982. The number of aromatic nitrogens is 3. The minimum Gasteiger partial charge on any atom is -0.396 e. The van der Waals surface area contributed by atoms with Crippen LogP contribution in [-0.2, 0) is 23.1 Å². The van der Waals surface area contributed by atoms with Crippen molar-refractivity contribution in [3.05, 3.63) is 36.2 Å². The summed E-state index contributed by atoms with van der Waals surface area (Å²) in [5.41, 5.74) is 5.14. The number of sulfonamides is 1. The van der Waals surface area contributed by atoms with Crippen molar-refractivity contribution >= 4 is 15.7 Å². The van der Waals surface area contributed by atoms with Crippen LogP contribution in [0.4, 0.5) is 10.1 Å². The van der Waals surface area contributed by atoms with Crippen LogP contribution in [0, 0.1) is 5.82 Å². The van der Waals surface area contributed by atoms with Crippen molar-refractivity contribution < 1.29 is 12.8 Å². The van der Waals surface area contributed by atoms with Crippen molar-refractivity contribution in [3.63, 3.8) is 0 Å². The third-order valence-corrected chi connectivity index (χ3v) is 4.13. The molecule has 0 bridgehead atoms. The average molecular weight is 299 g/mol. The number of halogens is 1. The van der Waals surface area contributed by atoms with Crippen molar-refractivity contribution in [3.8, 4) is 0 Å². The lowest BCUT2D eigenvalue weighted by Gasteiger charge is -2.08. The lowest BCUT2D eigenvalue weighted by Crippen LogP contribution is -2.25. The number of hydrogen-bond acceptors (Lipinski definition) is 5. The molecule has 20 heavy (non-hydrogen) atoms. The van der Waals surface area contributed by atoms with Gasteiger partial charge in [0.05, 0.1) is 17.1 Å². The highest BCUT2D eigenvalue weighted by Crippen LogP contribution is 2.16. The quantitative estimate of drug-likeness (QED) is 0.782. The number of nitrogens with one attached hydrogen (secondary N) is 1. The molecule has 0 spiro atoms. The first kappa shape index (κ1) is 14.4. The molecule has 0 atom stereocenters. The Labute approximate surface area is 115 Å². The molecule has 0 aliphatic carbocycles. The van der Waals surface area contributed by atoms with Crippen LogP contribution in [0.1, 0.15) is 12.7 Å². The fourth-order valence-corrected chi connectivity index (χ4v) is 2.63. The van der Waals surface area contributed by atoms with E-state index in [1.807, 2.05) is 6.92 Å². The van der Waals surface area contributed by atoms with Crippen molar-refractivity contribution in [2.75, 3.05) is 5.73 Å². The van der Waals surface area contributed by atoms with E-state index in [4.69, 9.17) is 5.73 Å². The molecule has 0 aliphatic rings. The van der Waals surface area contributed by atoms with Gasteiger partial charge in [0.2, 0.25) is 10.0 Å². The average Bonchev–Trinajstić information content (AvgIpc) is 2.87. The number of rotatable bonds is 5. The maximum Gasteiger partial charge on any atom is 0.241 e. The minimum absolute atomic E-state index is 0.00649. The smallest absolute Gasteiger partial charge is 0.241 e. The van der Waals surface area contributed by atoms with E-state index >= 15 is 0 Å². The van der Waals surface area contributed by atoms with E-state index in [-0.39, 0.29) is 17.1 Å². The molecule has 0 amide bonds. The highest BCUT2D eigenvalue weighted by Gasteiger charge is 2.16. The monoisotopic (exact) mass is 299 g/mol. The van der Waals surface area contributed by atoms with Gasteiger partial charge < -0.3 is 10.3 Å². The van der Waals surface area contributed by atoms with Gasteiger partial charge >= 0.3 is 0 Å². The first-order valence-corrected chi connectivity index (χ1v) is 7.33. The highest BCUT2D eigenvalue weighted by molar-refractivity contribution is 7.89. The van der Waals surface area contributed by atoms with Crippen molar-refractivity contribution in [2.24, 2.45) is 0 Å². The number of aryl methyl sites for hydroxylation is 1. The van der Waals surface area contributed by atoms with Gasteiger partial charge in [0.1, 0.15) is 18.0 Å². The second kappa shape index (κ2) is 5.55. The van der Waals surface area contributed by atoms with E-state index in [0.29, 0.717) is 12.4 Å². The predicted octanol–water partition coefficient (Wildman–Crippen LogP) is 0.498. The molecule has 1 aromatic carbocycles. The van der Waals surface area contributed by atoms with Crippen LogP contribution in [0.3, 0.4) is 0 Å². The largest absolute Gasteiger partial charge is 0.396 e. The van der Waals surface area contributed by atoms with E-state index in [2.05, 4.69) is 14.9 Å². The van der Waals surface area contributed by atoms with Crippen LogP contribution >= 0.6 is 0 Å². The summed E-state index contributed by atoms with van der Waals surface area (Å²) in [5, 5.41) is 7.52. The third kappa shape index (κ3) is 2.94. The SMILES string of the molecule is CCn1cnnc1CNS(=O)(=O)c1ccc(F)c(N)c1. The molecule has 0 fully saturated rings. The molecule has 0 saturated heterocycles. The molecule has 9 heteroatoms. The standard InChI is InChI=1S/C11H14FN5O2S/c1-2-17-7-14-16-11(17)6-15-20(18,19)8-3-4-9(12)10(13)5-8/h3-5,7,15H,2,6,13H2,1H3. The molecular weight excluding hydrogens is 285 g/mol. The van der Waals surface area contributed by atoms with Crippen molar-refractivity contribution in [2.45, 2.75) is 24.9 Å². The summed E-state index contributed by atoms with van der Waals surface area (Å²) in [5.74, 6) is -0.166. The van der Waals surface area contributed by atoms with Gasteiger partial charge in [0.25, 0.3) is 0 Å². The van der Waals surface area contributed by atoms with Gasteiger partial charge in [-0.25, -0.2) is 17.5 Å². The number of benzene rings is 1. The lowest BCUT2D eigenvalue weighted by molar-refractivity contribution is 0.574. The zero-order valence-electron chi connectivity index (χ0n) is 10.7. The Morgan fingerprint density at radius 3 is 2.85 bits per heavy atom. The summed E-state index contributed by atoms with van der Waals surface area (Å²) in [7, 11) is -3.78. The molecule has 1 aromatic heterocycles. The summed E-state index contributed by atoms with van der Waals surface area (Å²) in [6.45, 7) is 2.52. The molecular formula is C11H14FN5O2S. The van der Waals surface area contributed by atoms with Gasteiger partial charge in [0, 0.05) is 6.54 Å². The first-order chi connectivity index (χ1) is 9.44. The van der Waals surface area contributed by atoms with Gasteiger partial charge in [-0.05, 0) is 25.1 Å². The number of anilines is 1. The number of nitrogen functional groups attached to an aromatic ring is 1. The molecule has 3 N–H and O–H groups in total. The van der Waals surface area contributed by atoms with Crippen LogP contribution in [0.2, 0.25) is 0 Å². The summed E-state index contributed by atoms with van der Waals surface area (Å²) >= 11 is 0. The summed E-state index contributed by atoms with van der Waals surface area (Å²) < 4.78 is 41.2. The van der Waals surface area contributed by atoms with E-state index in [0.717, 1.165) is 18.2 Å². The van der Waals surface area contributed by atoms with E-state index in [1.165, 1.54) is 6.33 Å². The summed E-state index contributed by atoms with van der Waals surface area (Å²) in [6.07, 6.45) is 1.51. The van der Waals surface area contributed by atoms with Crippen molar-refractivity contribution in [1.29, 1.82) is 0 Å². The van der Waals surface area contributed by atoms with E-state index in [9.17, 15) is 12.8 Å². The molecule has 0 unspecified atom stereocenters. The molecule has 2 rings (SSSR count). The van der Waals surface area contributed by atoms with Crippen LogP contribution < -0.4 is 10.5 Å². The number of nitrogens with two attached hydrogens (primary N) is 1. The second-order valence-corrected chi connectivity index (χ2v) is 5.81. The topological polar surface area (TPSA) is 103 Å². The Bertz CT molecular complexity index is 713. The molecule has 0 saturated carbocycles. The Hall–Kier alpha value is -2.00. The van der Waals surface area contributed by atoms with Crippen LogP contribution in [0.25, 0.3) is 0 Å². The van der Waals surface area contributed by atoms with Crippen LogP contribution in [-0.4, -0.2) is 23.2 Å². The van der Waals surface area contributed by atoms with E-state index in [1.54, 1.807) is 4.57 Å². The Kier molecular flexibility index (Phi) is 4.00. The summed E-state index contributed by atoms with van der Waals surface area (Å²) in [6, 6.07) is 3.24. The van der Waals surface area contributed by atoms with Crippen LogP contribution in [0.15, 0.2) is 29.4 Å². The molecule has 108 valence electrons. The van der Waals surface area contributed by atoms with Gasteiger partial charge in [-0.15, -0.1) is 10.2 Å². The molecule has 1 heterocycles. The zero-order valence-corrected chi connectivity index (χ0v) is 11.6. The zero-order chi connectivity index (χ0) is 14.8. The molecule has 2 aromatic rings. The fraction of sp³-hybridized carbons (Fsp3) is 0.273. The second-order valence-electron chi connectivity index (χ2n) is 4.04. The predicted molar refractivity (Wildman–Crippen MR) is 70.5 cm³/mol. The maximum absolute atomic E-state index is 13.0. The van der Waals surface area contributed by atoms with E-state index < -0.39 is 15.8 Å². The van der Waals surface area contributed by atoms with Crippen LogP contribution in [0.5, 0.6) is 0 Å². The lowest BCUT2D eigenvalue weighted by atomic mass is 10.3. The van der Waals surface area contributed by atoms with Gasteiger partial charge in [0.15, 0.2) is 0 Å². The Balaban J connectivity index is 2.17. The minimum atomic E-state index is -3.78. The van der Waals surface area contributed by atoms with Gasteiger partial charge in [-0.3, -0.25) is 0 Å². The van der Waals surface area contributed by atoms with Gasteiger partial charge in [-0.1, -0.05) is 0 Å². The Morgan fingerprint density at radius 2 is 2.20 bits per heavy atom. The van der Waals surface area contributed by atoms with Gasteiger partial charge in [-0.2, -0.15) is 0 Å². The molecule has 0 aliphatic heterocycles. The Morgan fingerprint density at radius 1 is 1.45 bits per heavy atom. The molecule has 0 radical (unpaired) electrons. The van der Waals surface area contributed by atoms with Crippen molar-refractivity contribution in [1.82, 2.24) is 19.5 Å².